The highest BCUT2D eigenvalue weighted by Gasteiger charge is 1.99. The van der Waals surface area contributed by atoms with E-state index in [9.17, 15) is 4.79 Å². The van der Waals surface area contributed by atoms with E-state index in [4.69, 9.17) is 11.6 Å². The number of aliphatic imine (C=N–C) groups is 1. The van der Waals surface area contributed by atoms with E-state index in [-0.39, 0.29) is 5.56 Å². The molecule has 0 spiro atoms. The van der Waals surface area contributed by atoms with Crippen LogP contribution in [0.3, 0.4) is 0 Å². The van der Waals surface area contributed by atoms with Crippen LogP contribution in [-0.2, 0) is 13.1 Å². The summed E-state index contributed by atoms with van der Waals surface area (Å²) < 4.78 is 1.73. The quantitative estimate of drug-likeness (QED) is 0.460. The van der Waals surface area contributed by atoms with Crippen LogP contribution in [0.5, 0.6) is 0 Å². The molecule has 0 radical (unpaired) electrons. The monoisotopic (exact) mass is 346 g/mol. The van der Waals surface area contributed by atoms with Gasteiger partial charge in [-0.05, 0) is 36.6 Å². The van der Waals surface area contributed by atoms with Crippen molar-refractivity contribution in [1.82, 2.24) is 15.2 Å². The Morgan fingerprint density at radius 2 is 2.04 bits per heavy atom. The average molecular weight is 347 g/mol. The summed E-state index contributed by atoms with van der Waals surface area (Å²) >= 11 is 5.98. The number of hydrogen-bond donors (Lipinski definition) is 2. The third kappa shape index (κ3) is 6.08. The number of rotatable bonds is 7. The van der Waals surface area contributed by atoms with Gasteiger partial charge in [0.2, 0.25) is 5.56 Å². The van der Waals surface area contributed by atoms with Crippen molar-refractivity contribution in [2.75, 3.05) is 13.6 Å². The largest absolute Gasteiger partial charge is 0.356 e. The SMILES string of the molecule is CN=C(NCCCCn1ccccc1=O)NCc1cccc(Cl)c1. The molecule has 0 amide bonds. The van der Waals surface area contributed by atoms with Gasteiger partial charge < -0.3 is 15.2 Å². The van der Waals surface area contributed by atoms with Crippen LogP contribution in [0.15, 0.2) is 58.4 Å². The topological polar surface area (TPSA) is 58.4 Å². The second kappa shape index (κ2) is 9.78. The van der Waals surface area contributed by atoms with Crippen LogP contribution in [0.4, 0.5) is 0 Å². The number of pyridine rings is 1. The molecular weight excluding hydrogens is 324 g/mol. The van der Waals surface area contributed by atoms with Gasteiger partial charge in [0.05, 0.1) is 0 Å². The predicted molar refractivity (Wildman–Crippen MR) is 99.6 cm³/mol. The summed E-state index contributed by atoms with van der Waals surface area (Å²) in [6.45, 7) is 2.20. The second-order valence-corrected chi connectivity index (χ2v) is 5.86. The first-order chi connectivity index (χ1) is 11.7. The normalized spacial score (nSPS) is 11.3. The lowest BCUT2D eigenvalue weighted by atomic mass is 10.2. The van der Waals surface area contributed by atoms with E-state index in [1.165, 1.54) is 0 Å². The van der Waals surface area contributed by atoms with Crippen LogP contribution < -0.4 is 16.2 Å². The number of hydrogen-bond acceptors (Lipinski definition) is 2. The minimum atomic E-state index is 0.0458. The van der Waals surface area contributed by atoms with Gasteiger partial charge in [0.25, 0.3) is 0 Å². The van der Waals surface area contributed by atoms with Crippen LogP contribution in [0.1, 0.15) is 18.4 Å². The smallest absolute Gasteiger partial charge is 0.250 e. The van der Waals surface area contributed by atoms with Crippen molar-refractivity contribution < 1.29 is 0 Å². The highest BCUT2D eigenvalue weighted by Crippen LogP contribution is 2.10. The molecule has 0 unspecified atom stereocenters. The molecule has 5 nitrogen and oxygen atoms in total. The summed E-state index contributed by atoms with van der Waals surface area (Å²) in [6, 6.07) is 13.0. The predicted octanol–water partition coefficient (Wildman–Crippen LogP) is 2.65. The van der Waals surface area contributed by atoms with E-state index in [1.54, 1.807) is 23.7 Å². The van der Waals surface area contributed by atoms with Crippen LogP contribution in [0.2, 0.25) is 5.02 Å². The molecular formula is C18H23ClN4O. The second-order valence-electron chi connectivity index (χ2n) is 5.42. The van der Waals surface area contributed by atoms with Gasteiger partial charge in [-0.3, -0.25) is 9.79 Å². The Morgan fingerprint density at radius 1 is 1.17 bits per heavy atom. The Balaban J connectivity index is 1.67. The van der Waals surface area contributed by atoms with Gasteiger partial charge in [0.1, 0.15) is 0 Å². The molecule has 6 heteroatoms. The van der Waals surface area contributed by atoms with Gasteiger partial charge in [-0.1, -0.05) is 29.8 Å². The van der Waals surface area contributed by atoms with E-state index >= 15 is 0 Å². The Labute approximate surface area is 147 Å². The summed E-state index contributed by atoms with van der Waals surface area (Å²) in [5.41, 5.74) is 1.15. The maximum Gasteiger partial charge on any atom is 0.250 e. The Bertz CT molecular complexity index is 727. The van der Waals surface area contributed by atoms with Crippen LogP contribution in [0.25, 0.3) is 0 Å². The zero-order chi connectivity index (χ0) is 17.2. The number of guanidine groups is 1. The summed E-state index contributed by atoms with van der Waals surface area (Å²) in [5.74, 6) is 0.756. The van der Waals surface area contributed by atoms with Crippen LogP contribution in [0, 0.1) is 0 Å². The van der Waals surface area contributed by atoms with E-state index in [0.29, 0.717) is 6.54 Å². The van der Waals surface area contributed by atoms with Crippen molar-refractivity contribution >= 4 is 17.6 Å². The fourth-order valence-corrected chi connectivity index (χ4v) is 2.53. The molecule has 1 aromatic carbocycles. The Morgan fingerprint density at radius 3 is 2.79 bits per heavy atom. The molecule has 0 aliphatic rings. The number of aryl methyl sites for hydroxylation is 1. The Hall–Kier alpha value is -2.27. The van der Waals surface area contributed by atoms with Crippen LogP contribution in [-0.4, -0.2) is 24.1 Å². The summed E-state index contributed by atoms with van der Waals surface area (Å²) in [5, 5.41) is 7.26. The van der Waals surface area contributed by atoms with Crippen molar-refractivity contribution in [3.63, 3.8) is 0 Å². The lowest BCUT2D eigenvalue weighted by Crippen LogP contribution is -2.37. The van der Waals surface area contributed by atoms with Crippen molar-refractivity contribution in [1.29, 1.82) is 0 Å². The first kappa shape index (κ1) is 18.1. The van der Waals surface area contributed by atoms with Crippen molar-refractivity contribution in [2.45, 2.75) is 25.9 Å². The van der Waals surface area contributed by atoms with Gasteiger partial charge in [0.15, 0.2) is 5.96 Å². The maximum atomic E-state index is 11.6. The van der Waals surface area contributed by atoms with E-state index in [0.717, 1.165) is 42.5 Å². The number of halogens is 1. The average Bonchev–Trinajstić information content (AvgIpc) is 2.59. The molecule has 1 heterocycles. The fourth-order valence-electron chi connectivity index (χ4n) is 2.31. The number of nitrogens with zero attached hydrogens (tertiary/aromatic N) is 2. The first-order valence-corrected chi connectivity index (χ1v) is 8.41. The van der Waals surface area contributed by atoms with E-state index < -0.39 is 0 Å². The molecule has 1 aromatic heterocycles. The molecule has 128 valence electrons. The van der Waals surface area contributed by atoms with Crippen LogP contribution >= 0.6 is 11.6 Å². The van der Waals surface area contributed by atoms with Gasteiger partial charge in [0, 0.05) is 44.0 Å². The van der Waals surface area contributed by atoms with Gasteiger partial charge in [-0.2, -0.15) is 0 Å². The number of aromatic nitrogens is 1. The third-order valence-electron chi connectivity index (χ3n) is 3.59. The molecule has 0 bridgehead atoms. The molecule has 0 atom stereocenters. The van der Waals surface area contributed by atoms with Crippen molar-refractivity contribution in [2.24, 2.45) is 4.99 Å². The molecule has 0 saturated heterocycles. The van der Waals surface area contributed by atoms with Gasteiger partial charge in [-0.25, -0.2) is 0 Å². The Kier molecular flexibility index (Phi) is 7.36. The molecule has 0 aliphatic carbocycles. The van der Waals surface area contributed by atoms with Crippen molar-refractivity contribution in [3.8, 4) is 0 Å². The third-order valence-corrected chi connectivity index (χ3v) is 3.82. The maximum absolute atomic E-state index is 11.6. The molecule has 24 heavy (non-hydrogen) atoms. The zero-order valence-corrected chi connectivity index (χ0v) is 14.6. The first-order valence-electron chi connectivity index (χ1n) is 8.03. The molecule has 0 saturated carbocycles. The standard InChI is InChI=1S/C18H23ClN4O/c1-20-18(22-14-15-7-6-8-16(19)13-15)21-10-3-5-12-23-11-4-2-9-17(23)24/h2,4,6-9,11,13H,3,5,10,12,14H2,1H3,(H2,20,21,22). The highest BCUT2D eigenvalue weighted by molar-refractivity contribution is 6.30. The fraction of sp³-hybridized carbons (Fsp3) is 0.333. The molecule has 2 rings (SSSR count). The van der Waals surface area contributed by atoms with Gasteiger partial charge >= 0.3 is 0 Å². The minimum Gasteiger partial charge on any atom is -0.356 e. The van der Waals surface area contributed by atoms with Crippen molar-refractivity contribution in [3.05, 3.63) is 69.6 Å². The number of unbranched alkanes of at least 4 members (excludes halogenated alkanes) is 1. The van der Waals surface area contributed by atoms with E-state index in [1.807, 2.05) is 36.5 Å². The molecule has 0 aliphatic heterocycles. The number of nitrogens with one attached hydrogen (secondary N) is 2. The summed E-state index contributed by atoms with van der Waals surface area (Å²) in [4.78, 5) is 15.8. The molecule has 0 fully saturated rings. The highest BCUT2D eigenvalue weighted by atomic mass is 35.5. The lowest BCUT2D eigenvalue weighted by Gasteiger charge is -2.12. The summed E-state index contributed by atoms with van der Waals surface area (Å²) in [7, 11) is 1.75. The van der Waals surface area contributed by atoms with Gasteiger partial charge in [-0.15, -0.1) is 0 Å². The summed E-state index contributed by atoms with van der Waals surface area (Å²) in [6.07, 6.45) is 3.71. The number of benzene rings is 1. The lowest BCUT2D eigenvalue weighted by molar-refractivity contribution is 0.585. The minimum absolute atomic E-state index is 0.0458. The molecule has 2 aromatic rings. The molecule has 2 N–H and O–H groups in total. The zero-order valence-electron chi connectivity index (χ0n) is 13.8. The van der Waals surface area contributed by atoms with E-state index in [2.05, 4.69) is 15.6 Å².